The van der Waals surface area contributed by atoms with Gasteiger partial charge in [0.25, 0.3) is 0 Å². The van der Waals surface area contributed by atoms with Crippen molar-refractivity contribution in [3.8, 4) is 0 Å². The Kier molecular flexibility index (Phi) is 3.01. The van der Waals surface area contributed by atoms with Gasteiger partial charge in [0, 0.05) is 18.3 Å². The molecule has 0 aromatic heterocycles. The van der Waals surface area contributed by atoms with E-state index in [1.54, 1.807) is 0 Å². The largest absolute Gasteiger partial charge is 0.461 e. The second-order valence-electron chi connectivity index (χ2n) is 8.07. The average molecular weight is 282 g/mol. The molecule has 114 valence electrons. The molecule has 0 unspecified atom stereocenters. The van der Waals surface area contributed by atoms with Crippen LogP contribution in [-0.2, 0) is 9.53 Å². The summed E-state index contributed by atoms with van der Waals surface area (Å²) in [6.07, 6.45) is 3.78. The summed E-state index contributed by atoms with van der Waals surface area (Å²) in [5.41, 5.74) is -1.92. The van der Waals surface area contributed by atoms with Gasteiger partial charge in [-0.3, -0.25) is 4.79 Å². The minimum absolute atomic E-state index is 0.114. The fourth-order valence-electron chi connectivity index (χ4n) is 4.63. The summed E-state index contributed by atoms with van der Waals surface area (Å²) in [4.78, 5) is 12.3. The Bertz CT molecular complexity index is 392. The third-order valence-electron chi connectivity index (χ3n) is 5.84. The smallest absolute Gasteiger partial charge is 0.311 e. The van der Waals surface area contributed by atoms with Gasteiger partial charge in [-0.25, -0.2) is 0 Å². The molecule has 2 N–H and O–H groups in total. The zero-order valence-corrected chi connectivity index (χ0v) is 12.7. The lowest BCUT2D eigenvalue weighted by molar-refractivity contribution is -0.244. The highest BCUT2D eigenvalue weighted by Crippen LogP contribution is 2.58. The van der Waals surface area contributed by atoms with E-state index < -0.39 is 16.6 Å². The van der Waals surface area contributed by atoms with E-state index in [-0.39, 0.29) is 23.9 Å². The van der Waals surface area contributed by atoms with Crippen molar-refractivity contribution in [3.63, 3.8) is 0 Å². The Labute approximate surface area is 120 Å². The number of carbonyl (C=O) groups excluding carboxylic acids is 1. The number of aliphatic hydroxyl groups is 2. The van der Waals surface area contributed by atoms with Gasteiger partial charge in [-0.2, -0.15) is 0 Å². The van der Waals surface area contributed by atoms with Gasteiger partial charge in [-0.05, 0) is 46.0 Å². The van der Waals surface area contributed by atoms with Crippen molar-refractivity contribution in [2.45, 2.75) is 76.6 Å². The Morgan fingerprint density at radius 1 is 1.15 bits per heavy atom. The molecule has 0 aromatic rings. The van der Waals surface area contributed by atoms with Gasteiger partial charge in [0.2, 0.25) is 0 Å². The summed E-state index contributed by atoms with van der Waals surface area (Å²) >= 11 is 0. The molecule has 4 nitrogen and oxygen atoms in total. The number of carbonyl (C=O) groups is 1. The molecule has 0 amide bonds. The minimum Gasteiger partial charge on any atom is -0.461 e. The highest BCUT2D eigenvalue weighted by Gasteiger charge is 2.61. The zero-order valence-electron chi connectivity index (χ0n) is 12.7. The SMILES string of the molecule is CCC(C)(C)C(=O)OC1C2CC3(O)CC1CC(O)(C2)C3. The van der Waals surface area contributed by atoms with Crippen molar-refractivity contribution in [2.75, 3.05) is 0 Å². The Balaban J connectivity index is 1.76. The van der Waals surface area contributed by atoms with Crippen LogP contribution in [0.2, 0.25) is 0 Å². The number of esters is 1. The molecule has 0 atom stereocenters. The van der Waals surface area contributed by atoms with Crippen LogP contribution in [0, 0.1) is 17.3 Å². The molecule has 4 saturated carbocycles. The lowest BCUT2D eigenvalue weighted by Gasteiger charge is -2.60. The highest BCUT2D eigenvalue weighted by atomic mass is 16.5. The maximum absolute atomic E-state index is 12.3. The third kappa shape index (κ3) is 2.17. The summed E-state index contributed by atoms with van der Waals surface area (Å²) in [5.74, 6) is 0.0853. The lowest BCUT2D eigenvalue weighted by Crippen LogP contribution is -2.64. The molecule has 0 aromatic carbocycles. The van der Waals surface area contributed by atoms with Crippen LogP contribution in [0.1, 0.15) is 59.3 Å². The van der Waals surface area contributed by atoms with Crippen LogP contribution in [-0.4, -0.2) is 33.5 Å². The molecule has 0 saturated heterocycles. The summed E-state index contributed by atoms with van der Waals surface area (Å²) in [6, 6.07) is 0. The first kappa shape index (κ1) is 14.3. The van der Waals surface area contributed by atoms with E-state index in [4.69, 9.17) is 4.74 Å². The number of hydrogen-bond acceptors (Lipinski definition) is 4. The van der Waals surface area contributed by atoms with Gasteiger partial charge in [-0.15, -0.1) is 0 Å². The van der Waals surface area contributed by atoms with E-state index in [9.17, 15) is 15.0 Å². The minimum atomic E-state index is -0.732. The number of hydrogen-bond donors (Lipinski definition) is 2. The van der Waals surface area contributed by atoms with E-state index >= 15 is 0 Å². The van der Waals surface area contributed by atoms with Crippen molar-refractivity contribution in [1.82, 2.24) is 0 Å². The van der Waals surface area contributed by atoms with Crippen molar-refractivity contribution in [3.05, 3.63) is 0 Å². The van der Waals surface area contributed by atoms with Gasteiger partial charge < -0.3 is 14.9 Å². The first-order chi connectivity index (χ1) is 9.16. The summed E-state index contributed by atoms with van der Waals surface area (Å²) in [7, 11) is 0. The molecule has 20 heavy (non-hydrogen) atoms. The van der Waals surface area contributed by atoms with Crippen molar-refractivity contribution >= 4 is 5.97 Å². The molecule has 4 heteroatoms. The molecule has 4 rings (SSSR count). The Hall–Kier alpha value is -0.610. The topological polar surface area (TPSA) is 66.8 Å². The van der Waals surface area contributed by atoms with Gasteiger partial charge in [0.15, 0.2) is 0 Å². The van der Waals surface area contributed by atoms with E-state index in [2.05, 4.69) is 0 Å². The molecule has 4 aliphatic carbocycles. The summed E-state index contributed by atoms with van der Waals surface area (Å²) in [5, 5.41) is 21.1. The fraction of sp³-hybridized carbons (Fsp3) is 0.938. The molecule has 0 spiro atoms. The first-order valence-electron chi connectivity index (χ1n) is 7.82. The predicted octanol–water partition coefficient (Wildman–Crippen LogP) is 2.02. The maximum Gasteiger partial charge on any atom is 0.311 e. The van der Waals surface area contributed by atoms with E-state index in [1.807, 2.05) is 20.8 Å². The van der Waals surface area contributed by atoms with Crippen LogP contribution < -0.4 is 0 Å². The van der Waals surface area contributed by atoms with Crippen LogP contribution >= 0.6 is 0 Å². The van der Waals surface area contributed by atoms with Gasteiger partial charge in [0.1, 0.15) is 6.10 Å². The normalized spacial score (nSPS) is 46.5. The van der Waals surface area contributed by atoms with Crippen LogP contribution in [0.15, 0.2) is 0 Å². The average Bonchev–Trinajstić information content (AvgIpc) is 2.30. The maximum atomic E-state index is 12.3. The Morgan fingerprint density at radius 3 is 2.00 bits per heavy atom. The Morgan fingerprint density at radius 2 is 1.60 bits per heavy atom. The third-order valence-corrected chi connectivity index (χ3v) is 5.84. The number of rotatable bonds is 3. The standard InChI is InChI=1S/C16H26O4/c1-4-14(2,3)13(17)20-12-10-5-15(18)7-11(12)8-16(19,6-10)9-15/h10-12,18-19H,4-9H2,1-3H3. The first-order valence-corrected chi connectivity index (χ1v) is 7.82. The van der Waals surface area contributed by atoms with Gasteiger partial charge in [-0.1, -0.05) is 6.92 Å². The van der Waals surface area contributed by atoms with Gasteiger partial charge in [0.05, 0.1) is 16.6 Å². The molecule has 4 bridgehead atoms. The fourth-order valence-corrected chi connectivity index (χ4v) is 4.63. The second-order valence-corrected chi connectivity index (χ2v) is 8.07. The molecule has 4 aliphatic rings. The van der Waals surface area contributed by atoms with E-state index in [1.165, 1.54) is 0 Å². The molecule has 0 aliphatic heterocycles. The second kappa shape index (κ2) is 4.20. The van der Waals surface area contributed by atoms with Crippen molar-refractivity contribution in [1.29, 1.82) is 0 Å². The van der Waals surface area contributed by atoms with Crippen LogP contribution in [0.5, 0.6) is 0 Å². The monoisotopic (exact) mass is 282 g/mol. The summed E-state index contributed by atoms with van der Waals surface area (Å²) in [6.45, 7) is 5.81. The lowest BCUT2D eigenvalue weighted by atomic mass is 9.51. The van der Waals surface area contributed by atoms with Gasteiger partial charge >= 0.3 is 5.97 Å². The molecule has 4 fully saturated rings. The van der Waals surface area contributed by atoms with E-state index in [0.29, 0.717) is 32.1 Å². The van der Waals surface area contributed by atoms with Crippen LogP contribution in [0.4, 0.5) is 0 Å². The van der Waals surface area contributed by atoms with Crippen LogP contribution in [0.25, 0.3) is 0 Å². The highest BCUT2D eigenvalue weighted by molar-refractivity contribution is 5.76. The molecule has 0 heterocycles. The van der Waals surface area contributed by atoms with Crippen molar-refractivity contribution in [2.24, 2.45) is 17.3 Å². The molecular formula is C16H26O4. The summed E-state index contributed by atoms with van der Waals surface area (Å²) < 4.78 is 5.81. The zero-order chi connectivity index (χ0) is 14.8. The van der Waals surface area contributed by atoms with Crippen LogP contribution in [0.3, 0.4) is 0 Å². The molecule has 0 radical (unpaired) electrons. The van der Waals surface area contributed by atoms with E-state index in [0.717, 1.165) is 6.42 Å². The predicted molar refractivity (Wildman–Crippen MR) is 73.9 cm³/mol. The van der Waals surface area contributed by atoms with Crippen molar-refractivity contribution < 1.29 is 19.7 Å². The number of ether oxygens (including phenoxy) is 1. The molecular weight excluding hydrogens is 256 g/mol. The quantitative estimate of drug-likeness (QED) is 0.777.